The van der Waals surface area contributed by atoms with Crippen molar-refractivity contribution in [3.63, 3.8) is 0 Å². The summed E-state index contributed by atoms with van der Waals surface area (Å²) in [5, 5.41) is 15.0. The minimum atomic E-state index is -0.305. The van der Waals surface area contributed by atoms with Crippen molar-refractivity contribution in [3.8, 4) is 5.75 Å². The average Bonchev–Trinajstić information content (AvgIpc) is 2.65. The van der Waals surface area contributed by atoms with Gasteiger partial charge in [0.05, 0.1) is 25.8 Å². The molecule has 0 saturated carbocycles. The smallest absolute Gasteiger partial charge is 0.315 e. The molecule has 2 atom stereocenters. The van der Waals surface area contributed by atoms with Gasteiger partial charge in [0.25, 0.3) is 0 Å². The van der Waals surface area contributed by atoms with Crippen molar-refractivity contribution in [1.82, 2.24) is 10.6 Å². The van der Waals surface area contributed by atoms with Crippen molar-refractivity contribution in [3.05, 3.63) is 65.7 Å². The first kappa shape index (κ1) is 17.8. The van der Waals surface area contributed by atoms with Crippen molar-refractivity contribution in [1.29, 1.82) is 0 Å². The second-order valence-corrected chi connectivity index (χ2v) is 5.52. The maximum Gasteiger partial charge on any atom is 0.315 e. The molecule has 0 radical (unpaired) electrons. The van der Waals surface area contributed by atoms with E-state index < -0.39 is 0 Å². The van der Waals surface area contributed by atoms with Crippen molar-refractivity contribution in [2.75, 3.05) is 13.7 Å². The predicted octanol–water partition coefficient (Wildman–Crippen LogP) is 2.85. The van der Waals surface area contributed by atoms with Gasteiger partial charge in [-0.25, -0.2) is 4.79 Å². The topological polar surface area (TPSA) is 70.6 Å². The standard InChI is InChI=1S/C19H24N2O3/c1-3-16(13-22)20-19(23)21-18(14-7-5-4-6-8-14)15-9-11-17(24-2)12-10-15/h4-12,16,18,22H,3,13H2,1-2H3,(H2,20,21,23). The van der Waals surface area contributed by atoms with Gasteiger partial charge in [-0.05, 0) is 29.7 Å². The molecule has 5 heteroatoms. The maximum atomic E-state index is 12.3. The lowest BCUT2D eigenvalue weighted by Gasteiger charge is -2.22. The quantitative estimate of drug-likeness (QED) is 0.732. The van der Waals surface area contributed by atoms with Gasteiger partial charge in [0.1, 0.15) is 5.75 Å². The molecule has 2 amide bonds. The van der Waals surface area contributed by atoms with Gasteiger partial charge >= 0.3 is 6.03 Å². The Morgan fingerprint density at radius 2 is 1.67 bits per heavy atom. The molecule has 0 aliphatic rings. The van der Waals surface area contributed by atoms with Gasteiger partial charge in [-0.1, -0.05) is 49.4 Å². The second-order valence-electron chi connectivity index (χ2n) is 5.52. The lowest BCUT2D eigenvalue weighted by atomic mass is 9.99. The van der Waals surface area contributed by atoms with Crippen molar-refractivity contribution >= 4 is 6.03 Å². The van der Waals surface area contributed by atoms with Crippen LogP contribution in [-0.2, 0) is 0 Å². The Balaban J connectivity index is 2.21. The fraction of sp³-hybridized carbons (Fsp3) is 0.316. The molecule has 0 aromatic heterocycles. The third-order valence-electron chi connectivity index (χ3n) is 3.91. The Kier molecular flexibility index (Phi) is 6.63. The highest BCUT2D eigenvalue weighted by Crippen LogP contribution is 2.24. The minimum Gasteiger partial charge on any atom is -0.497 e. The summed E-state index contributed by atoms with van der Waals surface area (Å²) < 4.78 is 5.19. The molecule has 0 saturated heterocycles. The number of urea groups is 1. The first-order valence-corrected chi connectivity index (χ1v) is 8.04. The summed E-state index contributed by atoms with van der Waals surface area (Å²) >= 11 is 0. The van der Waals surface area contributed by atoms with E-state index in [9.17, 15) is 9.90 Å². The van der Waals surface area contributed by atoms with Crippen molar-refractivity contribution < 1.29 is 14.6 Å². The summed E-state index contributed by atoms with van der Waals surface area (Å²) in [5.41, 5.74) is 1.93. The average molecular weight is 328 g/mol. The number of hydrogen-bond acceptors (Lipinski definition) is 3. The minimum absolute atomic E-state index is 0.0809. The molecular weight excluding hydrogens is 304 g/mol. The van der Waals surface area contributed by atoms with Gasteiger partial charge in [-0.2, -0.15) is 0 Å². The predicted molar refractivity (Wildman–Crippen MR) is 94.1 cm³/mol. The van der Waals surface area contributed by atoms with Gasteiger partial charge in [0.2, 0.25) is 0 Å². The molecule has 24 heavy (non-hydrogen) atoms. The van der Waals surface area contributed by atoms with E-state index in [0.717, 1.165) is 16.9 Å². The number of rotatable bonds is 7. The highest BCUT2D eigenvalue weighted by molar-refractivity contribution is 5.75. The molecule has 0 heterocycles. The molecule has 128 valence electrons. The van der Waals surface area contributed by atoms with Gasteiger partial charge in [-0.3, -0.25) is 0 Å². The van der Waals surface area contributed by atoms with Crippen LogP contribution in [0.15, 0.2) is 54.6 Å². The fourth-order valence-electron chi connectivity index (χ4n) is 2.44. The van der Waals surface area contributed by atoms with Gasteiger partial charge in [0, 0.05) is 0 Å². The summed E-state index contributed by atoms with van der Waals surface area (Å²) in [7, 11) is 1.62. The van der Waals surface area contributed by atoms with E-state index in [1.807, 2.05) is 61.5 Å². The normalized spacial score (nSPS) is 13.0. The van der Waals surface area contributed by atoms with Crippen LogP contribution in [0.3, 0.4) is 0 Å². The SMILES string of the molecule is CCC(CO)NC(=O)NC(c1ccccc1)c1ccc(OC)cc1. The number of hydrogen-bond donors (Lipinski definition) is 3. The van der Waals surface area contributed by atoms with E-state index in [1.165, 1.54) is 0 Å². The Labute approximate surface area is 142 Å². The van der Waals surface area contributed by atoms with Crippen LogP contribution < -0.4 is 15.4 Å². The van der Waals surface area contributed by atoms with E-state index in [4.69, 9.17) is 4.74 Å². The molecule has 0 aliphatic heterocycles. The molecule has 2 aromatic rings. The fourth-order valence-corrected chi connectivity index (χ4v) is 2.44. The molecule has 0 spiro atoms. The van der Waals surface area contributed by atoms with E-state index in [1.54, 1.807) is 7.11 Å². The first-order chi connectivity index (χ1) is 11.7. The summed E-state index contributed by atoms with van der Waals surface area (Å²) in [6, 6.07) is 16.5. The van der Waals surface area contributed by atoms with E-state index in [0.29, 0.717) is 6.42 Å². The van der Waals surface area contributed by atoms with Crippen LogP contribution in [0.4, 0.5) is 4.79 Å². The van der Waals surface area contributed by atoms with Crippen LogP contribution >= 0.6 is 0 Å². The molecule has 0 fully saturated rings. The van der Waals surface area contributed by atoms with Gasteiger partial charge < -0.3 is 20.5 Å². The summed E-state index contributed by atoms with van der Waals surface area (Å²) in [5.74, 6) is 0.765. The summed E-state index contributed by atoms with van der Waals surface area (Å²) in [6.07, 6.45) is 0.669. The number of aliphatic hydroxyl groups is 1. The zero-order valence-electron chi connectivity index (χ0n) is 14.0. The molecule has 3 N–H and O–H groups in total. The number of carbonyl (C=O) groups is 1. The van der Waals surface area contributed by atoms with Crippen LogP contribution in [0, 0.1) is 0 Å². The van der Waals surface area contributed by atoms with E-state index in [2.05, 4.69) is 10.6 Å². The molecule has 0 bridgehead atoms. The van der Waals surface area contributed by atoms with Crippen LogP contribution in [0.1, 0.15) is 30.5 Å². The molecular formula is C19H24N2O3. The number of carbonyl (C=O) groups excluding carboxylic acids is 1. The zero-order valence-corrected chi connectivity index (χ0v) is 14.0. The van der Waals surface area contributed by atoms with Gasteiger partial charge in [0.15, 0.2) is 0 Å². The number of methoxy groups -OCH3 is 1. The second kappa shape index (κ2) is 8.93. The Morgan fingerprint density at radius 1 is 1.04 bits per heavy atom. The van der Waals surface area contributed by atoms with E-state index in [-0.39, 0.29) is 24.7 Å². The largest absolute Gasteiger partial charge is 0.497 e. The highest BCUT2D eigenvalue weighted by Gasteiger charge is 2.18. The molecule has 2 unspecified atom stereocenters. The molecule has 0 aliphatic carbocycles. The Morgan fingerprint density at radius 3 is 2.21 bits per heavy atom. The zero-order chi connectivity index (χ0) is 17.4. The van der Waals surface area contributed by atoms with Crippen LogP contribution in [-0.4, -0.2) is 30.9 Å². The number of nitrogens with one attached hydrogen (secondary N) is 2. The Hall–Kier alpha value is -2.53. The monoisotopic (exact) mass is 328 g/mol. The number of benzene rings is 2. The number of amides is 2. The van der Waals surface area contributed by atoms with Gasteiger partial charge in [-0.15, -0.1) is 0 Å². The lowest BCUT2D eigenvalue weighted by molar-refractivity contribution is 0.213. The van der Waals surface area contributed by atoms with E-state index >= 15 is 0 Å². The third kappa shape index (κ3) is 4.73. The number of ether oxygens (including phenoxy) is 1. The number of aliphatic hydroxyl groups excluding tert-OH is 1. The first-order valence-electron chi connectivity index (χ1n) is 8.04. The molecule has 2 aromatic carbocycles. The maximum absolute atomic E-state index is 12.3. The van der Waals surface area contributed by atoms with Crippen molar-refractivity contribution in [2.45, 2.75) is 25.4 Å². The molecule has 2 rings (SSSR count). The highest BCUT2D eigenvalue weighted by atomic mass is 16.5. The van der Waals surface area contributed by atoms with Crippen LogP contribution in [0.5, 0.6) is 5.75 Å². The van der Waals surface area contributed by atoms with Crippen molar-refractivity contribution in [2.24, 2.45) is 0 Å². The molecule has 5 nitrogen and oxygen atoms in total. The van der Waals surface area contributed by atoms with Crippen LogP contribution in [0.2, 0.25) is 0 Å². The lowest BCUT2D eigenvalue weighted by Crippen LogP contribution is -2.45. The summed E-state index contributed by atoms with van der Waals surface area (Å²) in [4.78, 5) is 12.3. The summed E-state index contributed by atoms with van der Waals surface area (Å²) in [6.45, 7) is 1.84. The Bertz CT molecular complexity index is 625. The third-order valence-corrected chi connectivity index (χ3v) is 3.91. The van der Waals surface area contributed by atoms with Crippen LogP contribution in [0.25, 0.3) is 0 Å².